The van der Waals surface area contributed by atoms with E-state index in [1.165, 1.54) is 17.4 Å². The standard InChI is InChI=1S/C11H11F2N3S/c1-6-11(17-5-15-6)10(16-14)7-2-3-8(12)9(13)4-7/h2-5,10,16H,14H2,1H3. The summed E-state index contributed by atoms with van der Waals surface area (Å²) in [7, 11) is 0. The van der Waals surface area contributed by atoms with E-state index in [1.807, 2.05) is 6.92 Å². The molecule has 3 nitrogen and oxygen atoms in total. The van der Waals surface area contributed by atoms with Crippen molar-refractivity contribution in [2.75, 3.05) is 0 Å². The molecule has 1 atom stereocenters. The van der Waals surface area contributed by atoms with Gasteiger partial charge in [0.2, 0.25) is 0 Å². The number of hydrogen-bond acceptors (Lipinski definition) is 4. The number of rotatable bonds is 3. The van der Waals surface area contributed by atoms with Gasteiger partial charge in [0.25, 0.3) is 0 Å². The molecule has 17 heavy (non-hydrogen) atoms. The first-order valence-corrected chi connectivity index (χ1v) is 5.82. The summed E-state index contributed by atoms with van der Waals surface area (Å²) >= 11 is 1.42. The Morgan fingerprint density at radius 2 is 2.12 bits per heavy atom. The Morgan fingerprint density at radius 1 is 1.35 bits per heavy atom. The molecule has 0 spiro atoms. The van der Waals surface area contributed by atoms with Gasteiger partial charge in [-0.1, -0.05) is 6.07 Å². The summed E-state index contributed by atoms with van der Waals surface area (Å²) in [6.45, 7) is 1.84. The Bertz CT molecular complexity index is 527. The first-order valence-electron chi connectivity index (χ1n) is 4.94. The van der Waals surface area contributed by atoms with Crippen LogP contribution in [-0.4, -0.2) is 4.98 Å². The van der Waals surface area contributed by atoms with Crippen LogP contribution in [0.15, 0.2) is 23.7 Å². The monoisotopic (exact) mass is 255 g/mol. The Kier molecular flexibility index (Phi) is 3.46. The van der Waals surface area contributed by atoms with Gasteiger partial charge in [0.1, 0.15) is 0 Å². The summed E-state index contributed by atoms with van der Waals surface area (Å²) in [5.74, 6) is 3.71. The Morgan fingerprint density at radius 3 is 2.65 bits per heavy atom. The highest BCUT2D eigenvalue weighted by atomic mass is 32.1. The molecule has 1 heterocycles. The Hall–Kier alpha value is -1.37. The van der Waals surface area contributed by atoms with Crippen LogP contribution in [0.4, 0.5) is 8.78 Å². The van der Waals surface area contributed by atoms with Crippen LogP contribution in [0.1, 0.15) is 22.2 Å². The Labute approximate surface area is 101 Å². The number of nitrogens with one attached hydrogen (secondary N) is 1. The maximum atomic E-state index is 13.2. The third-order valence-corrected chi connectivity index (χ3v) is 3.48. The van der Waals surface area contributed by atoms with Gasteiger partial charge >= 0.3 is 0 Å². The van der Waals surface area contributed by atoms with Crippen molar-refractivity contribution in [1.82, 2.24) is 10.4 Å². The van der Waals surface area contributed by atoms with Crippen molar-refractivity contribution < 1.29 is 8.78 Å². The molecule has 2 aromatic rings. The molecule has 0 saturated heterocycles. The minimum atomic E-state index is -0.884. The van der Waals surface area contributed by atoms with Crippen LogP contribution in [0.2, 0.25) is 0 Å². The summed E-state index contributed by atoms with van der Waals surface area (Å²) in [5, 5.41) is 0. The maximum absolute atomic E-state index is 13.2. The van der Waals surface area contributed by atoms with E-state index in [-0.39, 0.29) is 6.04 Å². The van der Waals surface area contributed by atoms with Crippen molar-refractivity contribution >= 4 is 11.3 Å². The molecule has 6 heteroatoms. The fourth-order valence-electron chi connectivity index (χ4n) is 1.60. The molecule has 0 saturated carbocycles. The lowest BCUT2D eigenvalue weighted by molar-refractivity contribution is 0.504. The first-order chi connectivity index (χ1) is 8.13. The van der Waals surface area contributed by atoms with E-state index in [1.54, 1.807) is 5.51 Å². The van der Waals surface area contributed by atoms with Crippen molar-refractivity contribution in [3.05, 3.63) is 51.5 Å². The zero-order valence-corrected chi connectivity index (χ0v) is 9.89. The molecule has 3 N–H and O–H groups in total. The molecular formula is C11H11F2N3S. The number of nitrogens with zero attached hydrogens (tertiary/aromatic N) is 1. The average Bonchev–Trinajstić information content (AvgIpc) is 2.71. The van der Waals surface area contributed by atoms with Crippen LogP contribution in [0.3, 0.4) is 0 Å². The largest absolute Gasteiger partial charge is 0.271 e. The fourth-order valence-corrected chi connectivity index (χ4v) is 2.49. The van der Waals surface area contributed by atoms with Gasteiger partial charge in [-0.25, -0.2) is 19.2 Å². The topological polar surface area (TPSA) is 50.9 Å². The molecule has 0 aliphatic rings. The number of aromatic nitrogens is 1. The summed E-state index contributed by atoms with van der Waals surface area (Å²) in [6, 6.07) is 3.35. The third-order valence-electron chi connectivity index (χ3n) is 2.49. The maximum Gasteiger partial charge on any atom is 0.159 e. The van der Waals surface area contributed by atoms with Crippen LogP contribution in [-0.2, 0) is 0 Å². The number of hydrazine groups is 1. The van der Waals surface area contributed by atoms with E-state index in [9.17, 15) is 8.78 Å². The predicted molar refractivity (Wildman–Crippen MR) is 62.4 cm³/mol. The quantitative estimate of drug-likeness (QED) is 0.653. The predicted octanol–water partition coefficient (Wildman–Crippen LogP) is 2.28. The molecule has 0 aliphatic carbocycles. The van der Waals surface area contributed by atoms with E-state index in [0.717, 1.165) is 22.7 Å². The normalized spacial score (nSPS) is 12.7. The minimum absolute atomic E-state index is 0.377. The van der Waals surface area contributed by atoms with E-state index in [0.29, 0.717) is 5.56 Å². The molecule has 0 bridgehead atoms. The van der Waals surface area contributed by atoms with Gasteiger partial charge in [0.05, 0.1) is 22.1 Å². The van der Waals surface area contributed by atoms with Crippen molar-refractivity contribution in [1.29, 1.82) is 0 Å². The van der Waals surface area contributed by atoms with Crippen molar-refractivity contribution in [3.8, 4) is 0 Å². The second-order valence-corrected chi connectivity index (χ2v) is 4.46. The number of thiazole rings is 1. The molecule has 90 valence electrons. The summed E-state index contributed by atoms with van der Waals surface area (Å²) in [6.07, 6.45) is 0. The molecule has 0 aliphatic heterocycles. The summed E-state index contributed by atoms with van der Waals surface area (Å²) in [5.41, 5.74) is 5.67. The highest BCUT2D eigenvalue weighted by Gasteiger charge is 2.18. The van der Waals surface area contributed by atoms with E-state index in [2.05, 4.69) is 10.4 Å². The van der Waals surface area contributed by atoms with Crippen LogP contribution < -0.4 is 11.3 Å². The zero-order chi connectivity index (χ0) is 12.4. The molecule has 1 aromatic carbocycles. The SMILES string of the molecule is Cc1ncsc1C(NN)c1ccc(F)c(F)c1. The van der Waals surface area contributed by atoms with Gasteiger partial charge in [-0.05, 0) is 24.6 Å². The second-order valence-electron chi connectivity index (χ2n) is 3.58. The van der Waals surface area contributed by atoms with Crippen molar-refractivity contribution in [3.63, 3.8) is 0 Å². The van der Waals surface area contributed by atoms with Gasteiger partial charge in [0, 0.05) is 0 Å². The first kappa shape index (κ1) is 12.1. The second kappa shape index (κ2) is 4.87. The van der Waals surface area contributed by atoms with Gasteiger partial charge in [-0.15, -0.1) is 11.3 Å². The van der Waals surface area contributed by atoms with Gasteiger partial charge in [-0.3, -0.25) is 5.84 Å². The minimum Gasteiger partial charge on any atom is -0.271 e. The van der Waals surface area contributed by atoms with E-state index < -0.39 is 11.6 Å². The van der Waals surface area contributed by atoms with Crippen LogP contribution in [0.5, 0.6) is 0 Å². The molecular weight excluding hydrogens is 244 g/mol. The number of hydrogen-bond donors (Lipinski definition) is 2. The molecule has 0 fully saturated rings. The number of aryl methyl sites for hydroxylation is 1. The van der Waals surface area contributed by atoms with Crippen LogP contribution in [0.25, 0.3) is 0 Å². The lowest BCUT2D eigenvalue weighted by atomic mass is 10.0. The summed E-state index contributed by atoms with van der Waals surface area (Å²) in [4.78, 5) is 4.99. The number of nitrogens with two attached hydrogens (primary N) is 1. The van der Waals surface area contributed by atoms with Crippen molar-refractivity contribution in [2.45, 2.75) is 13.0 Å². The van der Waals surface area contributed by atoms with Crippen molar-refractivity contribution in [2.24, 2.45) is 5.84 Å². The molecule has 0 amide bonds. The molecule has 1 aromatic heterocycles. The Balaban J connectivity index is 2.42. The van der Waals surface area contributed by atoms with Gasteiger partial charge in [-0.2, -0.15) is 0 Å². The van der Waals surface area contributed by atoms with Gasteiger partial charge < -0.3 is 0 Å². The van der Waals surface area contributed by atoms with Crippen LogP contribution in [0, 0.1) is 18.6 Å². The lowest BCUT2D eigenvalue weighted by Gasteiger charge is -2.15. The molecule has 0 radical (unpaired) electrons. The summed E-state index contributed by atoms with van der Waals surface area (Å²) < 4.78 is 26.0. The molecule has 2 rings (SSSR count). The third kappa shape index (κ3) is 2.33. The van der Waals surface area contributed by atoms with E-state index >= 15 is 0 Å². The fraction of sp³-hybridized carbons (Fsp3) is 0.182. The number of halogens is 2. The smallest absolute Gasteiger partial charge is 0.159 e. The van der Waals surface area contributed by atoms with Crippen LogP contribution >= 0.6 is 11.3 Å². The molecule has 1 unspecified atom stereocenters. The highest BCUT2D eigenvalue weighted by molar-refractivity contribution is 7.09. The average molecular weight is 255 g/mol. The number of benzene rings is 1. The highest BCUT2D eigenvalue weighted by Crippen LogP contribution is 2.27. The lowest BCUT2D eigenvalue weighted by Crippen LogP contribution is -2.28. The zero-order valence-electron chi connectivity index (χ0n) is 9.08. The van der Waals surface area contributed by atoms with E-state index in [4.69, 9.17) is 5.84 Å². The van der Waals surface area contributed by atoms with Gasteiger partial charge in [0.15, 0.2) is 11.6 Å².